The minimum atomic E-state index is -0.611. The second kappa shape index (κ2) is 4.72. The summed E-state index contributed by atoms with van der Waals surface area (Å²) in [6.45, 7) is 0.582. The van der Waals surface area contributed by atoms with E-state index in [1.165, 1.54) is 0 Å². The highest BCUT2D eigenvalue weighted by molar-refractivity contribution is 5.86. The molecule has 2 atom stereocenters. The molecule has 0 aliphatic heterocycles. The van der Waals surface area contributed by atoms with Crippen LogP contribution in [0.5, 0.6) is 0 Å². The highest BCUT2D eigenvalue weighted by Crippen LogP contribution is 2.29. The molecule has 0 saturated heterocycles. The Morgan fingerprint density at radius 3 is 2.56 bits per heavy atom. The van der Waals surface area contributed by atoms with E-state index in [0.29, 0.717) is 6.54 Å². The van der Waals surface area contributed by atoms with Crippen molar-refractivity contribution in [3.63, 3.8) is 0 Å². The molecule has 0 aromatic heterocycles. The molecule has 0 radical (unpaired) electrons. The van der Waals surface area contributed by atoms with Crippen molar-refractivity contribution in [2.45, 2.75) is 56.6 Å². The summed E-state index contributed by atoms with van der Waals surface area (Å²) in [4.78, 5) is 11.8. The van der Waals surface area contributed by atoms with Gasteiger partial charge >= 0.3 is 0 Å². The van der Waals surface area contributed by atoms with Gasteiger partial charge in [-0.15, -0.1) is 0 Å². The van der Waals surface area contributed by atoms with Gasteiger partial charge in [-0.1, -0.05) is 12.8 Å². The van der Waals surface area contributed by atoms with Gasteiger partial charge in [0.05, 0.1) is 11.6 Å². The van der Waals surface area contributed by atoms with Crippen LogP contribution in [0.3, 0.4) is 0 Å². The molecule has 0 aromatic carbocycles. The zero-order chi connectivity index (χ0) is 11.6. The standard InChI is InChI=1S/C12H22N2O2/c13-12(6-3-7-12)11(16)14-8-9-4-1-2-5-10(9)15/h9-10,15H,1-8,13H2,(H,14,16). The van der Waals surface area contributed by atoms with E-state index in [4.69, 9.17) is 5.73 Å². The van der Waals surface area contributed by atoms with Crippen LogP contribution in [0.15, 0.2) is 0 Å². The number of carbonyl (C=O) groups excluding carboxylic acids is 1. The highest BCUT2D eigenvalue weighted by atomic mass is 16.3. The Morgan fingerprint density at radius 2 is 2.00 bits per heavy atom. The topological polar surface area (TPSA) is 75.4 Å². The van der Waals surface area contributed by atoms with Gasteiger partial charge in [0.2, 0.25) is 5.91 Å². The van der Waals surface area contributed by atoms with Crippen molar-refractivity contribution in [1.29, 1.82) is 0 Å². The summed E-state index contributed by atoms with van der Waals surface area (Å²) in [5.74, 6) is 0.193. The number of aliphatic hydroxyl groups is 1. The van der Waals surface area contributed by atoms with Crippen molar-refractivity contribution in [3.05, 3.63) is 0 Å². The Labute approximate surface area is 96.6 Å². The lowest BCUT2D eigenvalue weighted by Gasteiger charge is -2.37. The van der Waals surface area contributed by atoms with E-state index in [9.17, 15) is 9.90 Å². The maximum absolute atomic E-state index is 11.8. The molecule has 2 fully saturated rings. The van der Waals surface area contributed by atoms with E-state index in [-0.39, 0.29) is 17.9 Å². The smallest absolute Gasteiger partial charge is 0.240 e. The number of hydrogen-bond donors (Lipinski definition) is 3. The average molecular weight is 226 g/mol. The normalized spacial score (nSPS) is 32.9. The first-order chi connectivity index (χ1) is 7.62. The minimum absolute atomic E-state index is 0.0310. The van der Waals surface area contributed by atoms with E-state index < -0.39 is 5.54 Å². The molecule has 4 nitrogen and oxygen atoms in total. The van der Waals surface area contributed by atoms with Crippen molar-refractivity contribution in [3.8, 4) is 0 Å². The highest BCUT2D eigenvalue weighted by Gasteiger charge is 2.40. The maximum atomic E-state index is 11.8. The summed E-state index contributed by atoms with van der Waals surface area (Å²) < 4.78 is 0. The molecular weight excluding hydrogens is 204 g/mol. The molecule has 0 bridgehead atoms. The Kier molecular flexibility index (Phi) is 3.50. The number of nitrogens with two attached hydrogens (primary N) is 1. The molecule has 0 spiro atoms. The number of amides is 1. The van der Waals surface area contributed by atoms with E-state index >= 15 is 0 Å². The van der Waals surface area contributed by atoms with Crippen LogP contribution in [-0.4, -0.2) is 29.2 Å². The summed E-state index contributed by atoms with van der Waals surface area (Å²) in [6, 6.07) is 0. The van der Waals surface area contributed by atoms with Gasteiger partial charge in [0.25, 0.3) is 0 Å². The molecule has 4 heteroatoms. The van der Waals surface area contributed by atoms with Gasteiger partial charge in [0, 0.05) is 12.5 Å². The molecule has 4 N–H and O–H groups in total. The van der Waals surface area contributed by atoms with E-state index in [1.807, 2.05) is 0 Å². The first-order valence-corrected chi connectivity index (χ1v) is 6.37. The van der Waals surface area contributed by atoms with Gasteiger partial charge in [-0.3, -0.25) is 4.79 Å². The van der Waals surface area contributed by atoms with E-state index in [1.54, 1.807) is 0 Å². The molecular formula is C12H22N2O2. The van der Waals surface area contributed by atoms with E-state index in [2.05, 4.69) is 5.32 Å². The van der Waals surface area contributed by atoms with Crippen molar-refractivity contribution in [2.24, 2.45) is 11.7 Å². The van der Waals surface area contributed by atoms with Crippen LogP contribution in [0, 0.1) is 5.92 Å². The number of carbonyl (C=O) groups is 1. The molecule has 2 aliphatic rings. The maximum Gasteiger partial charge on any atom is 0.240 e. The third kappa shape index (κ3) is 2.38. The van der Waals surface area contributed by atoms with Gasteiger partial charge < -0.3 is 16.2 Å². The summed E-state index contributed by atoms with van der Waals surface area (Å²) in [5.41, 5.74) is 5.31. The fourth-order valence-electron chi connectivity index (χ4n) is 2.61. The van der Waals surface area contributed by atoms with Crippen molar-refractivity contribution in [2.75, 3.05) is 6.54 Å². The SMILES string of the molecule is NC1(C(=O)NCC2CCCCC2O)CCC1. The van der Waals surface area contributed by atoms with Crippen LogP contribution in [0.2, 0.25) is 0 Å². The number of nitrogens with one attached hydrogen (secondary N) is 1. The molecule has 2 rings (SSSR count). The van der Waals surface area contributed by atoms with Crippen LogP contribution >= 0.6 is 0 Å². The van der Waals surface area contributed by atoms with Crippen molar-refractivity contribution >= 4 is 5.91 Å². The zero-order valence-corrected chi connectivity index (χ0v) is 9.74. The van der Waals surface area contributed by atoms with Crippen LogP contribution < -0.4 is 11.1 Å². The predicted molar refractivity (Wildman–Crippen MR) is 61.7 cm³/mol. The fourth-order valence-corrected chi connectivity index (χ4v) is 2.61. The van der Waals surface area contributed by atoms with Crippen LogP contribution in [0.1, 0.15) is 44.9 Å². The zero-order valence-electron chi connectivity index (χ0n) is 9.74. The Bertz CT molecular complexity index is 264. The largest absolute Gasteiger partial charge is 0.393 e. The van der Waals surface area contributed by atoms with Crippen LogP contribution in [0.4, 0.5) is 0 Å². The Hall–Kier alpha value is -0.610. The summed E-state index contributed by atoms with van der Waals surface area (Å²) in [7, 11) is 0. The van der Waals surface area contributed by atoms with Gasteiger partial charge in [0.1, 0.15) is 0 Å². The molecule has 92 valence electrons. The molecule has 2 aliphatic carbocycles. The van der Waals surface area contributed by atoms with Gasteiger partial charge in [-0.2, -0.15) is 0 Å². The summed E-state index contributed by atoms with van der Waals surface area (Å²) in [6.07, 6.45) is 6.54. The molecule has 0 heterocycles. The van der Waals surface area contributed by atoms with Gasteiger partial charge in [0.15, 0.2) is 0 Å². The molecule has 2 saturated carbocycles. The molecule has 0 aromatic rings. The lowest BCUT2D eigenvalue weighted by molar-refractivity contribution is -0.129. The fraction of sp³-hybridized carbons (Fsp3) is 0.917. The Morgan fingerprint density at radius 1 is 1.31 bits per heavy atom. The predicted octanol–water partition coefficient (Wildman–Crippen LogP) is 0.535. The Balaban J connectivity index is 1.76. The molecule has 2 unspecified atom stereocenters. The molecule has 1 amide bonds. The second-order valence-corrected chi connectivity index (χ2v) is 5.33. The number of hydrogen-bond acceptors (Lipinski definition) is 3. The lowest BCUT2D eigenvalue weighted by Crippen LogP contribution is -2.59. The first kappa shape index (κ1) is 11.9. The number of rotatable bonds is 3. The van der Waals surface area contributed by atoms with Crippen molar-refractivity contribution in [1.82, 2.24) is 5.32 Å². The summed E-state index contributed by atoms with van der Waals surface area (Å²) in [5, 5.41) is 12.7. The second-order valence-electron chi connectivity index (χ2n) is 5.33. The summed E-state index contributed by atoms with van der Waals surface area (Å²) >= 11 is 0. The quantitative estimate of drug-likeness (QED) is 0.657. The third-order valence-electron chi connectivity index (χ3n) is 4.09. The molecule has 16 heavy (non-hydrogen) atoms. The van der Waals surface area contributed by atoms with Crippen LogP contribution in [-0.2, 0) is 4.79 Å². The third-order valence-corrected chi connectivity index (χ3v) is 4.09. The van der Waals surface area contributed by atoms with Gasteiger partial charge in [-0.05, 0) is 32.1 Å². The number of aliphatic hydroxyl groups excluding tert-OH is 1. The van der Waals surface area contributed by atoms with Crippen LogP contribution in [0.25, 0.3) is 0 Å². The van der Waals surface area contributed by atoms with E-state index in [0.717, 1.165) is 44.9 Å². The lowest BCUT2D eigenvalue weighted by atomic mass is 9.77. The van der Waals surface area contributed by atoms with Crippen molar-refractivity contribution < 1.29 is 9.90 Å². The first-order valence-electron chi connectivity index (χ1n) is 6.37. The average Bonchev–Trinajstić information content (AvgIpc) is 2.24. The van der Waals surface area contributed by atoms with Gasteiger partial charge in [-0.25, -0.2) is 0 Å². The monoisotopic (exact) mass is 226 g/mol. The minimum Gasteiger partial charge on any atom is -0.393 e.